The molecule has 0 saturated heterocycles. The van der Waals surface area contributed by atoms with E-state index in [1.807, 2.05) is 0 Å². The lowest BCUT2D eigenvalue weighted by Crippen LogP contribution is -2.21. The van der Waals surface area contributed by atoms with Crippen molar-refractivity contribution in [1.82, 2.24) is 5.48 Å². The van der Waals surface area contributed by atoms with E-state index in [1.165, 1.54) is 7.11 Å². The second kappa shape index (κ2) is 4.26. The lowest BCUT2D eigenvalue weighted by Gasteiger charge is -1.94. The van der Waals surface area contributed by atoms with Crippen LogP contribution in [0.2, 0.25) is 0 Å². The van der Waals surface area contributed by atoms with E-state index in [-0.39, 0.29) is 12.3 Å². The van der Waals surface area contributed by atoms with Crippen LogP contribution < -0.4 is 5.48 Å². The van der Waals surface area contributed by atoms with Gasteiger partial charge in [-0.05, 0) is 0 Å². The number of hydrogen-bond acceptors (Lipinski definition) is 3. The monoisotopic (exact) mass is 116 g/mol. The van der Waals surface area contributed by atoms with Gasteiger partial charge in [-0.25, -0.2) is 5.48 Å². The number of amides is 1. The van der Waals surface area contributed by atoms with Gasteiger partial charge in [0, 0.05) is 6.21 Å². The van der Waals surface area contributed by atoms with E-state index in [1.54, 1.807) is 0 Å². The number of hydrogen-bond donors (Lipinski definition) is 2. The highest BCUT2D eigenvalue weighted by Gasteiger charge is 1.92. The fourth-order valence-corrected chi connectivity index (χ4v) is 0.248. The summed E-state index contributed by atoms with van der Waals surface area (Å²) in [7, 11) is 1.35. The Hall–Kier alpha value is -0.900. The molecule has 1 amide bonds. The second-order valence-electron chi connectivity index (χ2n) is 1.14. The van der Waals surface area contributed by atoms with E-state index in [2.05, 4.69) is 10.3 Å². The molecule has 0 fully saturated rings. The predicted octanol–water partition coefficient (Wildman–Crippen LogP) is -0.296. The summed E-state index contributed by atoms with van der Waals surface area (Å²) in [5.41, 5.74) is 2.06. The number of rotatable bonds is 3. The van der Waals surface area contributed by atoms with Crippen molar-refractivity contribution in [3.05, 3.63) is 0 Å². The summed E-state index contributed by atoms with van der Waals surface area (Å²) in [6, 6.07) is 0. The average molecular weight is 116 g/mol. The van der Waals surface area contributed by atoms with Gasteiger partial charge in [-0.3, -0.25) is 9.63 Å². The van der Waals surface area contributed by atoms with Crippen molar-refractivity contribution >= 4 is 12.1 Å². The maximum Gasteiger partial charge on any atom is 0.248 e. The highest BCUT2D eigenvalue weighted by Crippen LogP contribution is 1.69. The molecular formula is C4H8N2O2. The molecule has 0 atom stereocenters. The minimum Gasteiger partial charge on any atom is -0.313 e. The second-order valence-corrected chi connectivity index (χ2v) is 1.14. The summed E-state index contributed by atoms with van der Waals surface area (Å²) in [5, 5.41) is 6.47. The van der Waals surface area contributed by atoms with Crippen molar-refractivity contribution in [2.24, 2.45) is 0 Å². The number of carbonyl (C=O) groups is 1. The molecule has 0 aliphatic carbocycles. The third-order valence-corrected chi connectivity index (χ3v) is 0.503. The Morgan fingerprint density at radius 1 is 2.00 bits per heavy atom. The third kappa shape index (κ3) is 3.30. The fourth-order valence-electron chi connectivity index (χ4n) is 0.248. The summed E-state index contributed by atoms with van der Waals surface area (Å²) < 4.78 is 0. The SMILES string of the molecule is CONC(=O)CC=N. The van der Waals surface area contributed by atoms with Gasteiger partial charge in [-0.1, -0.05) is 0 Å². The van der Waals surface area contributed by atoms with Crippen LogP contribution in [0.5, 0.6) is 0 Å². The third-order valence-electron chi connectivity index (χ3n) is 0.503. The molecular weight excluding hydrogens is 108 g/mol. The molecule has 8 heavy (non-hydrogen) atoms. The molecule has 0 rings (SSSR count). The van der Waals surface area contributed by atoms with E-state index in [4.69, 9.17) is 5.41 Å². The van der Waals surface area contributed by atoms with Crippen molar-refractivity contribution in [3.63, 3.8) is 0 Å². The van der Waals surface area contributed by atoms with Crippen LogP contribution in [0.25, 0.3) is 0 Å². The molecule has 2 N–H and O–H groups in total. The quantitative estimate of drug-likeness (QED) is 0.393. The fraction of sp³-hybridized carbons (Fsp3) is 0.500. The Balaban J connectivity index is 3.18. The maximum atomic E-state index is 10.3. The zero-order valence-corrected chi connectivity index (χ0v) is 4.60. The molecule has 0 heterocycles. The molecule has 0 unspecified atom stereocenters. The molecule has 0 aliphatic heterocycles. The molecule has 0 aromatic heterocycles. The van der Waals surface area contributed by atoms with Gasteiger partial charge in [-0.15, -0.1) is 0 Å². The lowest BCUT2D eigenvalue weighted by molar-refractivity contribution is -0.129. The zero-order valence-electron chi connectivity index (χ0n) is 4.60. The van der Waals surface area contributed by atoms with E-state index in [0.717, 1.165) is 6.21 Å². The van der Waals surface area contributed by atoms with Gasteiger partial charge in [0.15, 0.2) is 0 Å². The van der Waals surface area contributed by atoms with Gasteiger partial charge < -0.3 is 5.41 Å². The molecule has 0 aromatic rings. The van der Waals surface area contributed by atoms with E-state index in [9.17, 15) is 4.79 Å². The summed E-state index contributed by atoms with van der Waals surface area (Å²) in [6.07, 6.45) is 1.09. The largest absolute Gasteiger partial charge is 0.313 e. The Kier molecular flexibility index (Phi) is 3.78. The van der Waals surface area contributed by atoms with Crippen molar-refractivity contribution in [2.45, 2.75) is 6.42 Å². The van der Waals surface area contributed by atoms with Gasteiger partial charge in [-0.2, -0.15) is 0 Å². The van der Waals surface area contributed by atoms with E-state index >= 15 is 0 Å². The summed E-state index contributed by atoms with van der Waals surface area (Å²) in [5.74, 6) is -0.303. The van der Waals surface area contributed by atoms with Crippen LogP contribution in [0, 0.1) is 5.41 Å². The van der Waals surface area contributed by atoms with E-state index in [0.29, 0.717) is 0 Å². The van der Waals surface area contributed by atoms with Gasteiger partial charge in [0.25, 0.3) is 0 Å². The lowest BCUT2D eigenvalue weighted by atomic mass is 10.5. The standard InChI is InChI=1S/C4H8N2O2/c1-8-6-4(7)2-3-5/h3,5H,2H2,1H3,(H,6,7). The first-order chi connectivity index (χ1) is 3.81. The van der Waals surface area contributed by atoms with Crippen LogP contribution in [-0.2, 0) is 9.63 Å². The molecule has 0 aromatic carbocycles. The molecule has 0 spiro atoms. The first-order valence-electron chi connectivity index (χ1n) is 2.12. The number of hydroxylamine groups is 1. The normalized spacial score (nSPS) is 8.12. The smallest absolute Gasteiger partial charge is 0.248 e. The van der Waals surface area contributed by atoms with Crippen molar-refractivity contribution in [3.8, 4) is 0 Å². The summed E-state index contributed by atoms with van der Waals surface area (Å²) in [6.45, 7) is 0. The minimum atomic E-state index is -0.303. The summed E-state index contributed by atoms with van der Waals surface area (Å²) >= 11 is 0. The predicted molar refractivity (Wildman–Crippen MR) is 28.6 cm³/mol. The first kappa shape index (κ1) is 7.10. The van der Waals surface area contributed by atoms with Gasteiger partial charge >= 0.3 is 0 Å². The summed E-state index contributed by atoms with van der Waals surface area (Å²) in [4.78, 5) is 14.5. The molecule has 0 aliphatic rings. The van der Waals surface area contributed by atoms with Crippen LogP contribution in [0.15, 0.2) is 0 Å². The Morgan fingerprint density at radius 3 is 3.00 bits per heavy atom. The topological polar surface area (TPSA) is 62.2 Å². The van der Waals surface area contributed by atoms with Crippen molar-refractivity contribution < 1.29 is 9.63 Å². The van der Waals surface area contributed by atoms with Crippen LogP contribution in [0.3, 0.4) is 0 Å². The average Bonchev–Trinajstić information content (AvgIpc) is 1.68. The van der Waals surface area contributed by atoms with Crippen LogP contribution in [0.4, 0.5) is 0 Å². The highest BCUT2D eigenvalue weighted by atomic mass is 16.6. The molecule has 0 bridgehead atoms. The van der Waals surface area contributed by atoms with Crippen LogP contribution in [0.1, 0.15) is 6.42 Å². The molecule has 0 radical (unpaired) electrons. The molecule has 46 valence electrons. The molecule has 4 heteroatoms. The number of carbonyl (C=O) groups excluding carboxylic acids is 1. The van der Waals surface area contributed by atoms with Gasteiger partial charge in [0.05, 0.1) is 13.5 Å². The Bertz CT molecular complexity index is 92.0. The van der Waals surface area contributed by atoms with Gasteiger partial charge in [0.2, 0.25) is 5.91 Å². The highest BCUT2D eigenvalue weighted by molar-refractivity contribution is 5.87. The Labute approximate surface area is 47.3 Å². The maximum absolute atomic E-state index is 10.3. The molecule has 4 nitrogen and oxygen atoms in total. The van der Waals surface area contributed by atoms with Crippen LogP contribution in [-0.4, -0.2) is 19.2 Å². The van der Waals surface area contributed by atoms with Gasteiger partial charge in [0.1, 0.15) is 0 Å². The Morgan fingerprint density at radius 2 is 2.62 bits per heavy atom. The first-order valence-corrected chi connectivity index (χ1v) is 2.12. The molecule has 0 saturated carbocycles. The van der Waals surface area contributed by atoms with Crippen molar-refractivity contribution in [2.75, 3.05) is 7.11 Å². The van der Waals surface area contributed by atoms with E-state index < -0.39 is 0 Å². The van der Waals surface area contributed by atoms with Crippen LogP contribution >= 0.6 is 0 Å². The zero-order chi connectivity index (χ0) is 6.41. The number of nitrogens with one attached hydrogen (secondary N) is 2. The van der Waals surface area contributed by atoms with Crippen molar-refractivity contribution in [1.29, 1.82) is 5.41 Å². The minimum absolute atomic E-state index is 0.0772.